The van der Waals surface area contributed by atoms with E-state index in [1.54, 1.807) is 24.3 Å². The molecule has 0 radical (unpaired) electrons. The van der Waals surface area contributed by atoms with Crippen molar-refractivity contribution in [2.75, 3.05) is 0 Å². The van der Waals surface area contributed by atoms with Crippen molar-refractivity contribution in [2.45, 2.75) is 0 Å². The molecule has 27 heavy (non-hydrogen) atoms. The van der Waals surface area contributed by atoms with Gasteiger partial charge in [-0.3, -0.25) is 0 Å². The highest BCUT2D eigenvalue weighted by Crippen LogP contribution is 2.29. The van der Waals surface area contributed by atoms with Crippen LogP contribution in [0.3, 0.4) is 0 Å². The molecule has 132 valence electrons. The van der Waals surface area contributed by atoms with Crippen LogP contribution in [0.4, 0.5) is 0 Å². The zero-order valence-corrected chi connectivity index (χ0v) is 15.5. The van der Waals surface area contributed by atoms with Crippen LogP contribution in [0, 0.1) is 0 Å². The fraction of sp³-hybridized carbons (Fsp3) is 0. The van der Waals surface area contributed by atoms with Gasteiger partial charge in [0.05, 0.1) is 10.0 Å². The first kappa shape index (κ1) is 17.5. The monoisotopic (exact) mass is 393 g/mol. The van der Waals surface area contributed by atoms with Crippen LogP contribution in [-0.4, -0.2) is 11.9 Å². The molecule has 0 atom stereocenters. The predicted molar refractivity (Wildman–Crippen MR) is 109 cm³/mol. The highest BCUT2D eigenvalue weighted by atomic mass is 35.5. The normalized spacial score (nSPS) is 15.0. The molecule has 0 saturated heterocycles. The van der Waals surface area contributed by atoms with Gasteiger partial charge >= 0.3 is 5.97 Å². The van der Waals surface area contributed by atoms with Crippen molar-refractivity contribution in [1.29, 1.82) is 0 Å². The number of cyclic esters (lactones) is 1. The van der Waals surface area contributed by atoms with Gasteiger partial charge in [-0.15, -0.1) is 0 Å². The van der Waals surface area contributed by atoms with Gasteiger partial charge in [-0.2, -0.15) is 0 Å². The van der Waals surface area contributed by atoms with Gasteiger partial charge in [0, 0.05) is 5.56 Å². The second-order valence-corrected chi connectivity index (χ2v) is 6.71. The molecule has 1 aliphatic heterocycles. The van der Waals surface area contributed by atoms with E-state index in [4.69, 9.17) is 27.9 Å². The summed E-state index contributed by atoms with van der Waals surface area (Å²) in [5, 5.41) is 0.786. The molecule has 0 spiro atoms. The molecule has 0 fully saturated rings. The predicted octanol–water partition coefficient (Wildman–Crippen LogP) is 6.00. The van der Waals surface area contributed by atoms with Crippen LogP contribution >= 0.6 is 23.2 Å². The lowest BCUT2D eigenvalue weighted by molar-refractivity contribution is -0.129. The van der Waals surface area contributed by atoms with Gasteiger partial charge in [0.2, 0.25) is 5.90 Å². The minimum Gasteiger partial charge on any atom is -0.402 e. The summed E-state index contributed by atoms with van der Waals surface area (Å²) >= 11 is 12.2. The van der Waals surface area contributed by atoms with E-state index in [1.807, 2.05) is 54.6 Å². The third-order valence-electron chi connectivity index (χ3n) is 4.13. The Morgan fingerprint density at radius 2 is 1.44 bits per heavy atom. The van der Waals surface area contributed by atoms with Crippen molar-refractivity contribution >= 4 is 41.1 Å². The number of nitrogens with zero attached hydrogens (tertiary/aromatic N) is 1. The van der Waals surface area contributed by atoms with E-state index in [2.05, 4.69) is 4.99 Å². The van der Waals surface area contributed by atoms with Crippen LogP contribution in [0.15, 0.2) is 83.5 Å². The number of carbonyl (C=O) groups is 1. The van der Waals surface area contributed by atoms with Crippen molar-refractivity contribution in [3.8, 4) is 11.1 Å². The number of hydrogen-bond donors (Lipinski definition) is 0. The molecule has 1 aliphatic rings. The first-order valence-corrected chi connectivity index (χ1v) is 9.00. The van der Waals surface area contributed by atoms with Gasteiger partial charge in [0.1, 0.15) is 0 Å². The van der Waals surface area contributed by atoms with Gasteiger partial charge in [0.25, 0.3) is 0 Å². The molecule has 3 nitrogen and oxygen atoms in total. The molecule has 3 aromatic rings. The summed E-state index contributed by atoms with van der Waals surface area (Å²) in [4.78, 5) is 16.5. The van der Waals surface area contributed by atoms with Crippen LogP contribution in [-0.2, 0) is 9.53 Å². The minimum atomic E-state index is -0.520. The molecule has 0 N–H and O–H groups in total. The number of rotatable bonds is 3. The fourth-order valence-corrected chi connectivity index (χ4v) is 3.11. The van der Waals surface area contributed by atoms with Crippen LogP contribution in [0.2, 0.25) is 10.0 Å². The van der Waals surface area contributed by atoms with Crippen LogP contribution in [0.1, 0.15) is 11.1 Å². The Morgan fingerprint density at radius 3 is 2.19 bits per heavy atom. The summed E-state index contributed by atoms with van der Waals surface area (Å²) in [5.41, 5.74) is 3.71. The zero-order valence-electron chi connectivity index (χ0n) is 14.0. The lowest BCUT2D eigenvalue weighted by Crippen LogP contribution is -2.05. The second kappa shape index (κ2) is 7.39. The Morgan fingerprint density at radius 1 is 0.778 bits per heavy atom. The summed E-state index contributed by atoms with van der Waals surface area (Å²) in [6.45, 7) is 0. The Balaban J connectivity index is 1.63. The van der Waals surface area contributed by atoms with E-state index in [0.717, 1.165) is 16.7 Å². The highest BCUT2D eigenvalue weighted by molar-refractivity contribution is 6.43. The first-order chi connectivity index (χ1) is 13.1. The van der Waals surface area contributed by atoms with Crippen molar-refractivity contribution in [1.82, 2.24) is 0 Å². The quantitative estimate of drug-likeness (QED) is 0.403. The molecule has 1 heterocycles. The molecule has 0 amide bonds. The molecular weight excluding hydrogens is 381 g/mol. The van der Waals surface area contributed by atoms with E-state index in [-0.39, 0.29) is 11.6 Å². The summed E-state index contributed by atoms with van der Waals surface area (Å²) in [6, 6.07) is 22.9. The molecule has 4 rings (SSSR count). The lowest BCUT2D eigenvalue weighted by Gasteiger charge is -2.03. The molecular formula is C22H13Cl2NO2. The summed E-state index contributed by atoms with van der Waals surface area (Å²) in [7, 11) is 0. The van der Waals surface area contributed by atoms with Crippen molar-refractivity contribution in [3.63, 3.8) is 0 Å². The largest absolute Gasteiger partial charge is 0.402 e. The van der Waals surface area contributed by atoms with Crippen LogP contribution in [0.25, 0.3) is 17.2 Å². The standard InChI is InChI=1S/C22H13Cl2NO2/c23-18-8-4-7-17(20(18)24)13-19-22(26)27-21(25-19)16-11-9-15(10-12-16)14-5-2-1-3-6-14/h1-13H/b19-13-. The average molecular weight is 394 g/mol. The minimum absolute atomic E-state index is 0.182. The van der Waals surface area contributed by atoms with Gasteiger partial charge in [0.15, 0.2) is 5.70 Å². The average Bonchev–Trinajstić information content (AvgIpc) is 3.07. The van der Waals surface area contributed by atoms with E-state index >= 15 is 0 Å². The van der Waals surface area contributed by atoms with Crippen molar-refractivity contribution < 1.29 is 9.53 Å². The molecule has 0 unspecified atom stereocenters. The topological polar surface area (TPSA) is 38.7 Å². The number of carbonyl (C=O) groups excluding carboxylic acids is 1. The molecule has 3 aromatic carbocycles. The smallest absolute Gasteiger partial charge is 0.363 e. The second-order valence-electron chi connectivity index (χ2n) is 5.92. The first-order valence-electron chi connectivity index (χ1n) is 8.24. The van der Waals surface area contributed by atoms with E-state index < -0.39 is 5.97 Å². The van der Waals surface area contributed by atoms with E-state index in [0.29, 0.717) is 15.6 Å². The third kappa shape index (κ3) is 3.65. The zero-order chi connectivity index (χ0) is 18.8. The Bertz CT molecular complexity index is 1070. The number of esters is 1. The van der Waals surface area contributed by atoms with E-state index in [9.17, 15) is 4.79 Å². The van der Waals surface area contributed by atoms with Gasteiger partial charge in [-0.05, 0) is 41.0 Å². The number of ether oxygens (including phenoxy) is 1. The fourth-order valence-electron chi connectivity index (χ4n) is 2.75. The summed E-state index contributed by atoms with van der Waals surface area (Å²) in [5.74, 6) is -0.253. The summed E-state index contributed by atoms with van der Waals surface area (Å²) < 4.78 is 5.31. The highest BCUT2D eigenvalue weighted by Gasteiger charge is 2.24. The SMILES string of the molecule is O=C1OC(c2ccc(-c3ccccc3)cc2)=N/C1=C\c1cccc(Cl)c1Cl. The van der Waals surface area contributed by atoms with Gasteiger partial charge < -0.3 is 4.74 Å². The maximum absolute atomic E-state index is 12.2. The third-order valence-corrected chi connectivity index (χ3v) is 4.97. The maximum Gasteiger partial charge on any atom is 0.363 e. The van der Waals surface area contributed by atoms with Gasteiger partial charge in [-0.1, -0.05) is 77.8 Å². The van der Waals surface area contributed by atoms with Crippen molar-refractivity contribution in [3.05, 3.63) is 99.7 Å². The number of benzene rings is 3. The Kier molecular flexibility index (Phi) is 4.80. The van der Waals surface area contributed by atoms with Gasteiger partial charge in [-0.25, -0.2) is 9.79 Å². The number of halogens is 2. The molecule has 0 bridgehead atoms. The molecule has 0 saturated carbocycles. The Hall–Kier alpha value is -2.88. The molecule has 0 aliphatic carbocycles. The number of hydrogen-bond acceptors (Lipinski definition) is 3. The molecule has 0 aromatic heterocycles. The van der Waals surface area contributed by atoms with Crippen molar-refractivity contribution in [2.24, 2.45) is 4.99 Å². The summed E-state index contributed by atoms with van der Waals surface area (Å²) in [6.07, 6.45) is 1.57. The van der Waals surface area contributed by atoms with E-state index in [1.165, 1.54) is 0 Å². The van der Waals surface area contributed by atoms with Crippen LogP contribution in [0.5, 0.6) is 0 Å². The van der Waals surface area contributed by atoms with Crippen LogP contribution < -0.4 is 0 Å². The Labute approximate surface area is 166 Å². The maximum atomic E-state index is 12.2. The number of aliphatic imine (C=N–C) groups is 1. The molecule has 5 heteroatoms. The lowest BCUT2D eigenvalue weighted by atomic mass is 10.0.